The minimum atomic E-state index is -0.383. The molecule has 6 heteroatoms. The number of aromatic nitrogens is 2. The molecule has 5 rings (SSSR count). The van der Waals surface area contributed by atoms with Crippen LogP contribution in [0.15, 0.2) is 22.4 Å². The topological polar surface area (TPSA) is 70.4 Å². The molecule has 1 aromatic heterocycles. The summed E-state index contributed by atoms with van der Waals surface area (Å²) in [6, 6.07) is 0. The molecule has 1 heterocycles. The normalized spacial score (nSPS) is 34.1. The highest BCUT2D eigenvalue weighted by atomic mass is 32.1. The Morgan fingerprint density at radius 3 is 2.42 bits per heavy atom. The van der Waals surface area contributed by atoms with Crippen molar-refractivity contribution < 1.29 is 5.11 Å². The number of allylic oxidation sites excluding steroid dienone is 1. The third kappa shape index (κ3) is 2.57. The summed E-state index contributed by atoms with van der Waals surface area (Å²) >= 11 is 5.11. The van der Waals surface area contributed by atoms with Crippen LogP contribution in [0, 0.1) is 22.5 Å². The minimum Gasteiger partial charge on any atom is -0.494 e. The maximum absolute atomic E-state index is 12.2. The maximum atomic E-state index is 12.2. The van der Waals surface area contributed by atoms with Crippen molar-refractivity contribution in [3.8, 4) is 5.88 Å². The monoisotopic (exact) mass is 345 g/mol. The number of nitrogens with one attached hydrogen (secondary N) is 1. The summed E-state index contributed by atoms with van der Waals surface area (Å²) in [5, 5.41) is 10.4. The average Bonchev–Trinajstić information content (AvgIpc) is 2.49. The Bertz CT molecular complexity index is 785. The second kappa shape index (κ2) is 5.69. The zero-order chi connectivity index (χ0) is 16.9. The van der Waals surface area contributed by atoms with Gasteiger partial charge >= 0.3 is 0 Å². The van der Waals surface area contributed by atoms with Crippen molar-refractivity contribution in [1.29, 1.82) is 0 Å². The van der Waals surface area contributed by atoms with E-state index in [1.165, 1.54) is 23.8 Å². The van der Waals surface area contributed by atoms with Crippen molar-refractivity contribution in [3.05, 3.63) is 33.3 Å². The fourth-order valence-electron chi connectivity index (χ4n) is 5.41. The van der Waals surface area contributed by atoms with Gasteiger partial charge in [-0.25, -0.2) is 0 Å². The lowest BCUT2D eigenvalue weighted by Crippen LogP contribution is -2.49. The second-order valence-electron chi connectivity index (χ2n) is 7.80. The van der Waals surface area contributed by atoms with Gasteiger partial charge in [0.25, 0.3) is 5.56 Å². The molecule has 128 valence electrons. The Morgan fingerprint density at radius 2 is 1.88 bits per heavy atom. The molecule has 0 unspecified atom stereocenters. The van der Waals surface area contributed by atoms with Crippen LogP contribution < -0.4 is 5.56 Å². The Labute approximate surface area is 146 Å². The van der Waals surface area contributed by atoms with E-state index >= 15 is 0 Å². The molecule has 4 aliphatic carbocycles. The summed E-state index contributed by atoms with van der Waals surface area (Å²) in [5.41, 5.74) is -0.212. The van der Waals surface area contributed by atoms with Crippen LogP contribution in [0.2, 0.25) is 0 Å². The van der Waals surface area contributed by atoms with Gasteiger partial charge in [-0.2, -0.15) is 0 Å². The highest BCUT2D eigenvalue weighted by Gasteiger charge is 2.50. The quantitative estimate of drug-likeness (QED) is 0.500. The van der Waals surface area contributed by atoms with Crippen molar-refractivity contribution in [2.24, 2.45) is 22.7 Å². The van der Waals surface area contributed by atoms with Gasteiger partial charge in [0.05, 0.1) is 5.54 Å². The van der Waals surface area contributed by atoms with E-state index in [0.717, 1.165) is 37.0 Å². The third-order valence-corrected chi connectivity index (χ3v) is 6.31. The van der Waals surface area contributed by atoms with Crippen LogP contribution in [-0.2, 0) is 6.54 Å². The number of rotatable bonds is 4. The Hall–Kier alpha value is -1.69. The van der Waals surface area contributed by atoms with Gasteiger partial charge in [0, 0.05) is 12.8 Å². The van der Waals surface area contributed by atoms with Crippen LogP contribution in [-0.4, -0.2) is 26.4 Å². The number of hydrogen-bond acceptors (Lipinski definition) is 4. The van der Waals surface area contributed by atoms with Crippen molar-refractivity contribution in [1.82, 2.24) is 9.55 Å². The molecule has 0 amide bonds. The summed E-state index contributed by atoms with van der Waals surface area (Å²) in [6.07, 6.45) is 10.6. The number of aromatic hydroxyl groups is 1. The average molecular weight is 345 g/mol. The SMILES string of the molecule is C=CCn1c(O)c(C=NC23CC4CC(CC(C4)C2)C3)c(=O)[nH]c1=S. The fourth-order valence-corrected chi connectivity index (χ4v) is 5.67. The number of aromatic amines is 1. The van der Waals surface area contributed by atoms with Gasteiger partial charge in [-0.3, -0.25) is 19.3 Å². The van der Waals surface area contributed by atoms with Crippen molar-refractivity contribution in [2.45, 2.75) is 50.6 Å². The first-order chi connectivity index (χ1) is 11.5. The molecular weight excluding hydrogens is 322 g/mol. The lowest BCUT2D eigenvalue weighted by Gasteiger charge is -2.54. The summed E-state index contributed by atoms with van der Waals surface area (Å²) in [7, 11) is 0. The molecule has 0 radical (unpaired) electrons. The molecule has 4 bridgehead atoms. The predicted octanol–water partition coefficient (Wildman–Crippen LogP) is 3.19. The molecule has 5 nitrogen and oxygen atoms in total. The van der Waals surface area contributed by atoms with Gasteiger partial charge in [0.2, 0.25) is 5.88 Å². The summed E-state index contributed by atoms with van der Waals surface area (Å²) in [6.45, 7) is 4.01. The number of hydrogen-bond donors (Lipinski definition) is 2. The molecule has 4 fully saturated rings. The number of H-pyrrole nitrogens is 1. The van der Waals surface area contributed by atoms with E-state index in [1.54, 1.807) is 12.3 Å². The molecule has 0 atom stereocenters. The van der Waals surface area contributed by atoms with Crippen LogP contribution in [0.1, 0.15) is 44.1 Å². The molecule has 2 N–H and O–H groups in total. The van der Waals surface area contributed by atoms with Crippen LogP contribution in [0.3, 0.4) is 0 Å². The summed E-state index contributed by atoms with van der Waals surface area (Å²) < 4.78 is 1.66. The van der Waals surface area contributed by atoms with Crippen LogP contribution >= 0.6 is 12.2 Å². The zero-order valence-corrected chi connectivity index (χ0v) is 14.5. The minimum absolute atomic E-state index is 0.0243. The standard InChI is InChI=1S/C18H23N3O2S/c1-2-3-21-16(23)14(15(22)20-17(21)24)10-19-18-7-11-4-12(8-18)6-13(5-11)9-18/h2,10-13,23H,1,3-9H2,(H,20,22,24). The molecule has 0 aliphatic heterocycles. The third-order valence-electron chi connectivity index (χ3n) is 5.99. The first-order valence-electron chi connectivity index (χ1n) is 8.72. The summed E-state index contributed by atoms with van der Waals surface area (Å²) in [4.78, 5) is 19.7. The van der Waals surface area contributed by atoms with Crippen LogP contribution in [0.4, 0.5) is 0 Å². The van der Waals surface area contributed by atoms with E-state index in [9.17, 15) is 9.90 Å². The van der Waals surface area contributed by atoms with E-state index in [2.05, 4.69) is 11.6 Å². The Morgan fingerprint density at radius 1 is 1.29 bits per heavy atom. The maximum Gasteiger partial charge on any atom is 0.264 e. The number of nitrogens with zero attached hydrogens (tertiary/aromatic N) is 2. The molecule has 1 aromatic rings. The van der Waals surface area contributed by atoms with Gasteiger partial charge in [-0.15, -0.1) is 6.58 Å². The molecule has 0 aromatic carbocycles. The van der Waals surface area contributed by atoms with Gasteiger partial charge < -0.3 is 5.11 Å². The van der Waals surface area contributed by atoms with Crippen molar-refractivity contribution in [3.63, 3.8) is 0 Å². The number of aliphatic imine (C=N–C) groups is 1. The lowest BCUT2D eigenvalue weighted by molar-refractivity contribution is 0.00194. The lowest BCUT2D eigenvalue weighted by atomic mass is 9.53. The molecule has 4 saturated carbocycles. The van der Waals surface area contributed by atoms with E-state index < -0.39 is 0 Å². The second-order valence-corrected chi connectivity index (χ2v) is 8.18. The van der Waals surface area contributed by atoms with Gasteiger partial charge in [0.15, 0.2) is 4.77 Å². The zero-order valence-electron chi connectivity index (χ0n) is 13.7. The van der Waals surface area contributed by atoms with Gasteiger partial charge in [-0.05, 0) is 68.5 Å². The van der Waals surface area contributed by atoms with Crippen molar-refractivity contribution >= 4 is 18.4 Å². The molecular formula is C18H23N3O2S. The largest absolute Gasteiger partial charge is 0.494 e. The van der Waals surface area contributed by atoms with E-state index in [4.69, 9.17) is 17.2 Å². The van der Waals surface area contributed by atoms with Crippen LogP contribution in [0.25, 0.3) is 0 Å². The van der Waals surface area contributed by atoms with E-state index in [1.807, 2.05) is 0 Å². The van der Waals surface area contributed by atoms with Gasteiger partial charge in [0.1, 0.15) is 5.56 Å². The Balaban J connectivity index is 1.69. The molecule has 4 aliphatic rings. The highest BCUT2D eigenvalue weighted by molar-refractivity contribution is 7.71. The summed E-state index contributed by atoms with van der Waals surface area (Å²) in [5.74, 6) is 2.25. The molecule has 0 saturated heterocycles. The highest BCUT2D eigenvalue weighted by Crippen LogP contribution is 2.57. The smallest absolute Gasteiger partial charge is 0.264 e. The van der Waals surface area contributed by atoms with Gasteiger partial charge in [-0.1, -0.05) is 6.08 Å². The fraction of sp³-hybridized carbons (Fsp3) is 0.611. The van der Waals surface area contributed by atoms with E-state index in [0.29, 0.717) is 6.54 Å². The van der Waals surface area contributed by atoms with Crippen LogP contribution in [0.5, 0.6) is 5.88 Å². The van der Waals surface area contributed by atoms with Crippen molar-refractivity contribution in [2.75, 3.05) is 0 Å². The predicted molar refractivity (Wildman–Crippen MR) is 96.2 cm³/mol. The van der Waals surface area contributed by atoms with E-state index in [-0.39, 0.29) is 27.3 Å². The first-order valence-corrected chi connectivity index (χ1v) is 9.13. The molecule has 0 spiro atoms. The Kier molecular flexibility index (Phi) is 3.75. The first kappa shape index (κ1) is 15.8. The molecule has 24 heavy (non-hydrogen) atoms.